The monoisotopic (exact) mass is 381 g/mol. The van der Waals surface area contributed by atoms with Gasteiger partial charge in [0.25, 0.3) is 0 Å². The molecule has 1 N–H and O–H groups in total. The predicted molar refractivity (Wildman–Crippen MR) is 107 cm³/mol. The zero-order chi connectivity index (χ0) is 17.9. The minimum absolute atomic E-state index is 0.00692. The van der Waals surface area contributed by atoms with Gasteiger partial charge in [0, 0.05) is 17.6 Å². The van der Waals surface area contributed by atoms with Gasteiger partial charge in [0.1, 0.15) is 11.8 Å². The summed E-state index contributed by atoms with van der Waals surface area (Å²) in [5, 5.41) is 5.02. The van der Waals surface area contributed by atoms with Gasteiger partial charge in [-0.1, -0.05) is 36.0 Å². The molecular weight excluding hydrogens is 362 g/mol. The van der Waals surface area contributed by atoms with Crippen LogP contribution >= 0.6 is 24.0 Å². The third-order valence-electron chi connectivity index (χ3n) is 4.39. The molecule has 0 radical (unpaired) electrons. The third kappa shape index (κ3) is 3.34. The lowest BCUT2D eigenvalue weighted by Crippen LogP contribution is -2.29. The van der Waals surface area contributed by atoms with Gasteiger partial charge in [-0.3, -0.25) is 4.98 Å². The summed E-state index contributed by atoms with van der Waals surface area (Å²) < 4.78 is 6.20. The number of rotatable bonds is 5. The molecule has 1 aliphatic heterocycles. The number of nitrogens with one attached hydrogen (secondary N) is 1. The largest absolute Gasteiger partial charge is 0.452 e. The Labute approximate surface area is 162 Å². The van der Waals surface area contributed by atoms with Crippen molar-refractivity contribution in [2.24, 2.45) is 0 Å². The van der Waals surface area contributed by atoms with Crippen LogP contribution in [0.3, 0.4) is 0 Å². The van der Waals surface area contributed by atoms with Crippen molar-refractivity contribution in [1.29, 1.82) is 0 Å². The van der Waals surface area contributed by atoms with E-state index in [4.69, 9.17) is 16.6 Å². The van der Waals surface area contributed by atoms with E-state index in [1.54, 1.807) is 11.8 Å². The summed E-state index contributed by atoms with van der Waals surface area (Å²) in [6.45, 7) is 2.91. The normalized spacial score (nSPS) is 19.6. The van der Waals surface area contributed by atoms with Gasteiger partial charge in [0.2, 0.25) is 0 Å². The van der Waals surface area contributed by atoms with Gasteiger partial charge >= 0.3 is 0 Å². The van der Waals surface area contributed by atoms with Crippen LogP contribution in [0.1, 0.15) is 30.5 Å². The lowest BCUT2D eigenvalue weighted by atomic mass is 10.0. The number of pyridine rings is 1. The maximum absolute atomic E-state index is 6.20. The number of thiocarbonyl (C=S) groups is 1. The van der Waals surface area contributed by atoms with Gasteiger partial charge in [-0.15, -0.1) is 0 Å². The molecule has 0 bridgehead atoms. The standard InChI is InChI=1S/C20H19N3OS2/c1-2-23-19(18(22-20(23)25)15-10-6-7-13-21-15)16-11-12-17(24-16)26-14-8-4-3-5-9-14/h3-13,18-19H,2H2,1H3,(H,22,25)/t18-,19+/m1/s1. The highest BCUT2D eigenvalue weighted by atomic mass is 32.2. The average molecular weight is 382 g/mol. The third-order valence-corrected chi connectivity index (χ3v) is 5.67. The first-order valence-electron chi connectivity index (χ1n) is 8.57. The smallest absolute Gasteiger partial charge is 0.170 e. The molecule has 6 heteroatoms. The maximum atomic E-state index is 6.20. The summed E-state index contributed by atoms with van der Waals surface area (Å²) in [5.74, 6) is 0.897. The van der Waals surface area contributed by atoms with Gasteiger partial charge in [0.15, 0.2) is 10.2 Å². The molecule has 2 aromatic heterocycles. The molecule has 1 saturated heterocycles. The number of likely N-dealkylation sites (N-methyl/N-ethyl adjacent to an activating group) is 1. The molecule has 0 spiro atoms. The number of hydrogen-bond donors (Lipinski definition) is 1. The van der Waals surface area contributed by atoms with E-state index in [-0.39, 0.29) is 12.1 Å². The number of furan rings is 1. The van der Waals surface area contributed by atoms with Crippen molar-refractivity contribution in [3.63, 3.8) is 0 Å². The molecule has 0 unspecified atom stereocenters. The van der Waals surface area contributed by atoms with E-state index in [1.165, 1.54) is 0 Å². The summed E-state index contributed by atoms with van der Waals surface area (Å²) in [6, 6.07) is 20.2. The van der Waals surface area contributed by atoms with Gasteiger partial charge in [-0.25, -0.2) is 0 Å². The molecule has 26 heavy (non-hydrogen) atoms. The van der Waals surface area contributed by atoms with Crippen LogP contribution in [0.4, 0.5) is 0 Å². The van der Waals surface area contributed by atoms with Crippen LogP contribution in [0.15, 0.2) is 81.3 Å². The molecule has 3 heterocycles. The Morgan fingerprint density at radius 1 is 1.12 bits per heavy atom. The lowest BCUT2D eigenvalue weighted by molar-refractivity contribution is 0.267. The van der Waals surface area contributed by atoms with Crippen LogP contribution in [0.5, 0.6) is 0 Å². The quantitative estimate of drug-likeness (QED) is 0.639. The van der Waals surface area contributed by atoms with Crippen molar-refractivity contribution in [1.82, 2.24) is 15.2 Å². The summed E-state index contributed by atoms with van der Waals surface area (Å²) in [5.41, 5.74) is 0.962. The lowest BCUT2D eigenvalue weighted by Gasteiger charge is -2.24. The van der Waals surface area contributed by atoms with Crippen LogP contribution in [0.25, 0.3) is 0 Å². The highest BCUT2D eigenvalue weighted by Crippen LogP contribution is 2.40. The molecular formula is C20H19N3OS2. The summed E-state index contributed by atoms with van der Waals surface area (Å²) in [7, 11) is 0. The van der Waals surface area contributed by atoms with Gasteiger partial charge in [-0.2, -0.15) is 0 Å². The molecule has 3 aromatic rings. The van der Waals surface area contributed by atoms with E-state index in [9.17, 15) is 0 Å². The number of hydrogen-bond acceptors (Lipinski definition) is 4. The second-order valence-electron chi connectivity index (χ2n) is 5.98. The van der Waals surface area contributed by atoms with E-state index in [0.29, 0.717) is 0 Å². The highest BCUT2D eigenvalue weighted by Gasteiger charge is 2.40. The Balaban J connectivity index is 1.64. The minimum atomic E-state index is -0.0237. The Bertz CT molecular complexity index is 882. The molecule has 1 aromatic carbocycles. The molecule has 4 nitrogen and oxygen atoms in total. The van der Waals surface area contributed by atoms with Gasteiger partial charge in [0.05, 0.1) is 11.7 Å². The van der Waals surface area contributed by atoms with Crippen molar-refractivity contribution in [3.05, 3.63) is 78.3 Å². The molecule has 1 aliphatic rings. The van der Waals surface area contributed by atoms with E-state index in [1.807, 2.05) is 54.7 Å². The Morgan fingerprint density at radius 2 is 1.92 bits per heavy atom. The SMILES string of the molecule is CCN1C(=S)N[C@H](c2ccccn2)[C@@H]1c1ccc(Sc2ccccc2)o1. The summed E-state index contributed by atoms with van der Waals surface area (Å²) in [6.07, 6.45) is 1.81. The second-order valence-corrected chi connectivity index (χ2v) is 7.45. The van der Waals surface area contributed by atoms with Crippen molar-refractivity contribution in [3.8, 4) is 0 Å². The fraction of sp³-hybridized carbons (Fsp3) is 0.200. The second kappa shape index (κ2) is 7.51. The molecule has 132 valence electrons. The van der Waals surface area contributed by atoms with Crippen LogP contribution in [0, 0.1) is 0 Å². The molecule has 1 fully saturated rings. The van der Waals surface area contributed by atoms with Crippen molar-refractivity contribution >= 4 is 29.1 Å². The average Bonchev–Trinajstić information content (AvgIpc) is 3.27. The zero-order valence-electron chi connectivity index (χ0n) is 14.3. The van der Waals surface area contributed by atoms with Gasteiger partial charge in [-0.05, 0) is 55.5 Å². The number of aromatic nitrogens is 1. The minimum Gasteiger partial charge on any atom is -0.452 e. The molecule has 2 atom stereocenters. The zero-order valence-corrected chi connectivity index (χ0v) is 16.0. The van der Waals surface area contributed by atoms with Crippen LogP contribution < -0.4 is 5.32 Å². The van der Waals surface area contributed by atoms with Gasteiger partial charge < -0.3 is 14.6 Å². The Morgan fingerprint density at radius 3 is 2.65 bits per heavy atom. The fourth-order valence-electron chi connectivity index (χ4n) is 3.21. The van der Waals surface area contributed by atoms with E-state index >= 15 is 0 Å². The maximum Gasteiger partial charge on any atom is 0.170 e. The van der Waals surface area contributed by atoms with E-state index in [2.05, 4.69) is 34.3 Å². The van der Waals surface area contributed by atoms with Crippen LogP contribution in [-0.2, 0) is 0 Å². The first-order valence-corrected chi connectivity index (χ1v) is 9.79. The molecule has 0 saturated carbocycles. The highest BCUT2D eigenvalue weighted by molar-refractivity contribution is 7.99. The topological polar surface area (TPSA) is 41.3 Å². The molecule has 4 rings (SSSR count). The van der Waals surface area contributed by atoms with Crippen LogP contribution in [0.2, 0.25) is 0 Å². The van der Waals surface area contributed by atoms with Crippen LogP contribution in [-0.4, -0.2) is 21.5 Å². The number of nitrogens with zero attached hydrogens (tertiary/aromatic N) is 2. The molecule has 0 amide bonds. The fourth-order valence-corrected chi connectivity index (χ4v) is 4.38. The Kier molecular flexibility index (Phi) is 4.95. The van der Waals surface area contributed by atoms with Crippen molar-refractivity contribution in [2.45, 2.75) is 29.0 Å². The first kappa shape index (κ1) is 17.1. The predicted octanol–water partition coefficient (Wildman–Crippen LogP) is 4.82. The van der Waals surface area contributed by atoms with E-state index in [0.717, 1.165) is 33.1 Å². The summed E-state index contributed by atoms with van der Waals surface area (Å²) >= 11 is 7.17. The van der Waals surface area contributed by atoms with Crippen molar-refractivity contribution in [2.75, 3.05) is 6.54 Å². The van der Waals surface area contributed by atoms with E-state index < -0.39 is 0 Å². The molecule has 0 aliphatic carbocycles. The summed E-state index contributed by atoms with van der Waals surface area (Å²) in [4.78, 5) is 7.83. The number of benzene rings is 1. The first-order chi connectivity index (χ1) is 12.8. The van der Waals surface area contributed by atoms with Crippen molar-refractivity contribution < 1.29 is 4.42 Å². The Hall–Kier alpha value is -2.31.